The van der Waals surface area contributed by atoms with E-state index in [1.807, 2.05) is 0 Å². The lowest BCUT2D eigenvalue weighted by Gasteiger charge is -2.14. The fraction of sp³-hybridized carbons (Fsp3) is 0.375. The van der Waals surface area contributed by atoms with Crippen molar-refractivity contribution in [3.05, 3.63) is 35.4 Å². The minimum absolute atomic E-state index is 0.00166. The van der Waals surface area contributed by atoms with Gasteiger partial charge in [0.05, 0.1) is 35.2 Å². The molecule has 1 heterocycles. The number of nitrogens with one attached hydrogen (secondary N) is 1. The van der Waals surface area contributed by atoms with Gasteiger partial charge in [0.1, 0.15) is 0 Å². The zero-order valence-corrected chi connectivity index (χ0v) is 15.3. The maximum atomic E-state index is 13.9. The van der Waals surface area contributed by atoms with Crippen LogP contribution >= 0.6 is 0 Å². The van der Waals surface area contributed by atoms with Gasteiger partial charge in [-0.3, -0.25) is 4.72 Å². The summed E-state index contributed by atoms with van der Waals surface area (Å²) in [6.07, 6.45) is 0. The summed E-state index contributed by atoms with van der Waals surface area (Å²) >= 11 is 0. The van der Waals surface area contributed by atoms with Crippen molar-refractivity contribution in [1.82, 2.24) is 9.97 Å². The van der Waals surface area contributed by atoms with E-state index in [1.165, 1.54) is 12.1 Å². The molecule has 1 aromatic heterocycles. The van der Waals surface area contributed by atoms with Crippen LogP contribution < -0.4 is 14.2 Å². The van der Waals surface area contributed by atoms with Crippen LogP contribution in [-0.2, 0) is 10.0 Å². The van der Waals surface area contributed by atoms with Gasteiger partial charge >= 0.3 is 6.01 Å². The molecule has 0 radical (unpaired) electrons. The minimum Gasteiger partial charge on any atom is -0.491 e. The molecule has 0 spiro atoms. The van der Waals surface area contributed by atoms with Crippen molar-refractivity contribution in [1.29, 1.82) is 0 Å². The molecule has 0 saturated heterocycles. The molecule has 0 bridgehead atoms. The summed E-state index contributed by atoms with van der Waals surface area (Å²) in [6, 6.07) is 3.64. The Morgan fingerprint density at radius 1 is 1.08 bits per heavy atom. The smallest absolute Gasteiger partial charge is 0.316 e. The Balaban J connectivity index is 2.34. The first-order valence-electron chi connectivity index (χ1n) is 7.71. The molecule has 7 nitrogen and oxygen atoms in total. The molecule has 0 aliphatic rings. The van der Waals surface area contributed by atoms with Crippen molar-refractivity contribution < 1.29 is 22.3 Å². The fourth-order valence-corrected chi connectivity index (χ4v) is 3.33. The molecule has 0 atom stereocenters. The van der Waals surface area contributed by atoms with Gasteiger partial charge in [-0.05, 0) is 45.9 Å². The van der Waals surface area contributed by atoms with Crippen molar-refractivity contribution in [3.63, 3.8) is 0 Å². The van der Waals surface area contributed by atoms with Crippen LogP contribution in [0.1, 0.15) is 25.2 Å². The number of halogens is 1. The molecular weight excluding hydrogens is 349 g/mol. The molecule has 0 fully saturated rings. The van der Waals surface area contributed by atoms with Gasteiger partial charge in [0.2, 0.25) is 0 Å². The molecule has 25 heavy (non-hydrogen) atoms. The normalized spacial score (nSPS) is 11.2. The molecule has 0 aliphatic carbocycles. The highest BCUT2D eigenvalue weighted by Crippen LogP contribution is 2.26. The maximum Gasteiger partial charge on any atom is 0.316 e. The number of nitrogens with zero attached hydrogens (tertiary/aromatic N) is 2. The van der Waals surface area contributed by atoms with Gasteiger partial charge in [0.15, 0.2) is 11.6 Å². The first-order chi connectivity index (χ1) is 11.8. The second-order valence-corrected chi connectivity index (χ2v) is 6.80. The van der Waals surface area contributed by atoms with Gasteiger partial charge in [-0.1, -0.05) is 0 Å². The average molecular weight is 369 g/mol. The summed E-state index contributed by atoms with van der Waals surface area (Å²) in [7, 11) is -4.00. The van der Waals surface area contributed by atoms with Crippen molar-refractivity contribution in [3.8, 4) is 11.8 Å². The third kappa shape index (κ3) is 4.36. The van der Waals surface area contributed by atoms with E-state index in [2.05, 4.69) is 14.7 Å². The van der Waals surface area contributed by atoms with E-state index in [4.69, 9.17) is 9.47 Å². The lowest BCUT2D eigenvalue weighted by Crippen LogP contribution is -2.16. The van der Waals surface area contributed by atoms with Gasteiger partial charge in [-0.15, -0.1) is 0 Å². The van der Waals surface area contributed by atoms with E-state index in [9.17, 15) is 12.8 Å². The topological polar surface area (TPSA) is 90.4 Å². The molecule has 2 aromatic rings. The summed E-state index contributed by atoms with van der Waals surface area (Å²) in [5.41, 5.74) is 1.05. The van der Waals surface area contributed by atoms with Crippen LogP contribution in [0.4, 0.5) is 10.1 Å². The van der Waals surface area contributed by atoms with E-state index in [-0.39, 0.29) is 28.9 Å². The molecule has 136 valence electrons. The van der Waals surface area contributed by atoms with Crippen molar-refractivity contribution >= 4 is 15.7 Å². The van der Waals surface area contributed by atoms with Gasteiger partial charge in [-0.2, -0.15) is 9.97 Å². The SMILES string of the molecule is CCOc1nc(C)c(NS(=O)(=O)c2ccc(OCC)c(F)c2)c(C)n1. The fourth-order valence-electron chi connectivity index (χ4n) is 2.14. The molecule has 2 rings (SSSR count). The quantitative estimate of drug-likeness (QED) is 0.807. The third-order valence-electron chi connectivity index (χ3n) is 3.27. The Labute approximate surface area is 146 Å². The summed E-state index contributed by atoms with van der Waals surface area (Å²) in [5, 5.41) is 0. The number of hydrogen-bond acceptors (Lipinski definition) is 6. The molecular formula is C16H20FN3O4S. The Bertz CT molecular complexity index is 849. The Morgan fingerprint density at radius 3 is 2.20 bits per heavy atom. The maximum absolute atomic E-state index is 13.9. The lowest BCUT2D eigenvalue weighted by atomic mass is 10.3. The number of hydrogen-bond donors (Lipinski definition) is 1. The summed E-state index contributed by atoms with van der Waals surface area (Å²) in [6.45, 7) is 7.45. The third-order valence-corrected chi connectivity index (χ3v) is 4.62. The monoisotopic (exact) mass is 369 g/mol. The number of benzene rings is 1. The van der Waals surface area contributed by atoms with E-state index < -0.39 is 15.8 Å². The van der Waals surface area contributed by atoms with E-state index in [0.717, 1.165) is 6.07 Å². The highest BCUT2D eigenvalue weighted by molar-refractivity contribution is 7.92. The van der Waals surface area contributed by atoms with E-state index in [1.54, 1.807) is 27.7 Å². The molecule has 0 amide bonds. The minimum atomic E-state index is -4.00. The van der Waals surface area contributed by atoms with E-state index >= 15 is 0 Å². The van der Waals surface area contributed by atoms with Gasteiger partial charge < -0.3 is 9.47 Å². The lowest BCUT2D eigenvalue weighted by molar-refractivity contribution is 0.311. The van der Waals surface area contributed by atoms with Gasteiger partial charge in [0, 0.05) is 0 Å². The number of aryl methyl sites for hydroxylation is 2. The molecule has 0 unspecified atom stereocenters. The van der Waals surface area contributed by atoms with Gasteiger partial charge in [0.25, 0.3) is 10.0 Å². The number of aromatic nitrogens is 2. The van der Waals surface area contributed by atoms with Crippen LogP contribution in [0.25, 0.3) is 0 Å². The standard InChI is InChI=1S/C16H20FN3O4S/c1-5-23-14-8-7-12(9-13(14)17)25(21,22)20-15-10(3)18-16(24-6-2)19-11(15)4/h7-9,20H,5-6H2,1-4H3. The van der Waals surface area contributed by atoms with Crippen molar-refractivity contribution in [2.75, 3.05) is 17.9 Å². The van der Waals surface area contributed by atoms with Crippen LogP contribution in [-0.4, -0.2) is 31.6 Å². The number of ether oxygens (including phenoxy) is 2. The average Bonchev–Trinajstić information content (AvgIpc) is 2.53. The predicted molar refractivity (Wildman–Crippen MR) is 91.1 cm³/mol. The molecule has 0 saturated carbocycles. The van der Waals surface area contributed by atoms with Crippen molar-refractivity contribution in [2.24, 2.45) is 0 Å². The van der Waals surface area contributed by atoms with Crippen molar-refractivity contribution in [2.45, 2.75) is 32.6 Å². The molecule has 9 heteroatoms. The second-order valence-electron chi connectivity index (χ2n) is 5.12. The molecule has 1 N–H and O–H groups in total. The highest BCUT2D eigenvalue weighted by atomic mass is 32.2. The largest absolute Gasteiger partial charge is 0.491 e. The Hall–Kier alpha value is -2.42. The molecule has 1 aromatic carbocycles. The summed E-state index contributed by atoms with van der Waals surface area (Å²) in [5.74, 6) is -0.751. The first kappa shape index (κ1) is 18.9. The van der Waals surface area contributed by atoms with Crippen LogP contribution in [0.15, 0.2) is 23.1 Å². The highest BCUT2D eigenvalue weighted by Gasteiger charge is 2.20. The second kappa shape index (κ2) is 7.64. The van der Waals surface area contributed by atoms with Gasteiger partial charge in [-0.25, -0.2) is 12.8 Å². The number of anilines is 1. The zero-order chi connectivity index (χ0) is 18.6. The Morgan fingerprint density at radius 2 is 1.68 bits per heavy atom. The first-order valence-corrected chi connectivity index (χ1v) is 9.20. The number of rotatable bonds is 7. The number of sulfonamides is 1. The van der Waals surface area contributed by atoms with Crippen LogP contribution in [0.3, 0.4) is 0 Å². The van der Waals surface area contributed by atoms with Crippen LogP contribution in [0, 0.1) is 19.7 Å². The van der Waals surface area contributed by atoms with Crippen LogP contribution in [0.2, 0.25) is 0 Å². The summed E-state index contributed by atoms with van der Waals surface area (Å²) < 4.78 is 51.7. The predicted octanol–water partition coefficient (Wildman–Crippen LogP) is 2.83. The van der Waals surface area contributed by atoms with Crippen LogP contribution in [0.5, 0.6) is 11.8 Å². The summed E-state index contributed by atoms with van der Waals surface area (Å²) in [4.78, 5) is 7.99. The molecule has 0 aliphatic heterocycles. The zero-order valence-electron chi connectivity index (χ0n) is 14.5. The van der Waals surface area contributed by atoms with E-state index in [0.29, 0.717) is 18.0 Å². The Kier molecular flexibility index (Phi) is 5.78.